The lowest BCUT2D eigenvalue weighted by atomic mass is 10.1. The minimum Gasteiger partial charge on any atom is -0.337 e. The number of amides is 3. The van der Waals surface area contributed by atoms with Crippen LogP contribution in [0.4, 0.5) is 10.1 Å². The van der Waals surface area contributed by atoms with Crippen molar-refractivity contribution in [1.29, 1.82) is 0 Å². The van der Waals surface area contributed by atoms with Crippen molar-refractivity contribution in [2.24, 2.45) is 0 Å². The van der Waals surface area contributed by atoms with E-state index in [0.717, 1.165) is 6.07 Å². The van der Waals surface area contributed by atoms with Crippen LogP contribution in [-0.4, -0.2) is 46.0 Å². The maximum Gasteiger partial charge on any atom is 0.282 e. The van der Waals surface area contributed by atoms with Gasteiger partial charge in [0.1, 0.15) is 17.9 Å². The molecule has 0 saturated heterocycles. The molecule has 8 nitrogen and oxygen atoms in total. The third-order valence-electron chi connectivity index (χ3n) is 4.79. The lowest BCUT2D eigenvalue weighted by Crippen LogP contribution is -2.42. The molecule has 3 amide bonds. The summed E-state index contributed by atoms with van der Waals surface area (Å²) >= 11 is 0. The SMILES string of the molecule is CC(c1ccc(F)cc1)N(C)C(=O)CN1C(=O)c2cccc([N+](=O)[O-])c2C1=O. The van der Waals surface area contributed by atoms with E-state index in [-0.39, 0.29) is 11.1 Å². The lowest BCUT2D eigenvalue weighted by molar-refractivity contribution is -0.385. The molecular weight excluding hydrogens is 369 g/mol. The Labute approximate surface area is 159 Å². The monoisotopic (exact) mass is 385 g/mol. The van der Waals surface area contributed by atoms with Crippen LogP contribution in [0.5, 0.6) is 0 Å². The summed E-state index contributed by atoms with van der Waals surface area (Å²) in [7, 11) is 1.50. The molecule has 0 fully saturated rings. The highest BCUT2D eigenvalue weighted by Gasteiger charge is 2.42. The van der Waals surface area contributed by atoms with E-state index in [2.05, 4.69) is 0 Å². The summed E-state index contributed by atoms with van der Waals surface area (Å²) in [5, 5.41) is 11.1. The Morgan fingerprint density at radius 1 is 1.18 bits per heavy atom. The molecule has 28 heavy (non-hydrogen) atoms. The smallest absolute Gasteiger partial charge is 0.282 e. The summed E-state index contributed by atoms with van der Waals surface area (Å²) in [6.07, 6.45) is 0. The number of nitro groups is 1. The number of likely N-dealkylation sites (N-methyl/N-ethyl adjacent to an activating group) is 1. The van der Waals surface area contributed by atoms with E-state index in [1.165, 1.54) is 48.3 Å². The fourth-order valence-electron chi connectivity index (χ4n) is 3.04. The average Bonchev–Trinajstić information content (AvgIpc) is 2.92. The summed E-state index contributed by atoms with van der Waals surface area (Å²) in [6.45, 7) is 1.17. The first-order valence-corrected chi connectivity index (χ1v) is 8.37. The molecule has 1 aliphatic heterocycles. The van der Waals surface area contributed by atoms with Crippen molar-refractivity contribution in [3.05, 3.63) is 75.1 Å². The number of hydrogen-bond acceptors (Lipinski definition) is 5. The molecule has 2 aromatic rings. The molecule has 0 aromatic heterocycles. The van der Waals surface area contributed by atoms with Gasteiger partial charge in [-0.05, 0) is 30.7 Å². The fourth-order valence-corrected chi connectivity index (χ4v) is 3.04. The standard InChI is InChI=1S/C19H16FN3O5/c1-11(12-6-8-13(20)9-7-12)21(2)16(24)10-22-18(25)14-4-3-5-15(23(27)28)17(14)19(22)26/h3-9,11H,10H2,1-2H3. The molecule has 1 heterocycles. The van der Waals surface area contributed by atoms with Crippen molar-refractivity contribution in [1.82, 2.24) is 9.80 Å². The van der Waals surface area contributed by atoms with Gasteiger partial charge in [-0.1, -0.05) is 18.2 Å². The summed E-state index contributed by atoms with van der Waals surface area (Å²) in [6, 6.07) is 8.95. The van der Waals surface area contributed by atoms with Gasteiger partial charge in [-0.25, -0.2) is 4.39 Å². The van der Waals surface area contributed by atoms with Crippen molar-refractivity contribution in [2.75, 3.05) is 13.6 Å². The number of fused-ring (bicyclic) bond motifs is 1. The molecule has 3 rings (SSSR count). The van der Waals surface area contributed by atoms with Gasteiger partial charge >= 0.3 is 0 Å². The summed E-state index contributed by atoms with van der Waals surface area (Å²) < 4.78 is 13.1. The highest BCUT2D eigenvalue weighted by atomic mass is 19.1. The number of carbonyl (C=O) groups excluding carboxylic acids is 3. The average molecular weight is 385 g/mol. The number of carbonyl (C=O) groups is 3. The van der Waals surface area contributed by atoms with Crippen LogP contribution < -0.4 is 0 Å². The van der Waals surface area contributed by atoms with Crippen LogP contribution in [0.3, 0.4) is 0 Å². The van der Waals surface area contributed by atoms with Crippen molar-refractivity contribution in [3.63, 3.8) is 0 Å². The maximum atomic E-state index is 13.1. The minimum atomic E-state index is -0.872. The zero-order valence-electron chi connectivity index (χ0n) is 15.1. The number of rotatable bonds is 5. The van der Waals surface area contributed by atoms with Gasteiger partial charge in [-0.2, -0.15) is 0 Å². The van der Waals surface area contributed by atoms with Crippen molar-refractivity contribution in [2.45, 2.75) is 13.0 Å². The topological polar surface area (TPSA) is 101 Å². The van der Waals surface area contributed by atoms with Gasteiger partial charge in [0.15, 0.2) is 0 Å². The summed E-state index contributed by atoms with van der Waals surface area (Å²) in [4.78, 5) is 50.1. The third-order valence-corrected chi connectivity index (χ3v) is 4.79. The number of halogens is 1. The Morgan fingerprint density at radius 3 is 2.43 bits per heavy atom. The quantitative estimate of drug-likeness (QED) is 0.447. The first-order chi connectivity index (χ1) is 13.2. The largest absolute Gasteiger partial charge is 0.337 e. The molecule has 9 heteroatoms. The zero-order valence-corrected chi connectivity index (χ0v) is 15.1. The van der Waals surface area contributed by atoms with Crippen molar-refractivity contribution >= 4 is 23.4 Å². The lowest BCUT2D eigenvalue weighted by Gasteiger charge is -2.27. The second-order valence-electron chi connectivity index (χ2n) is 6.39. The van der Waals surface area contributed by atoms with Crippen LogP contribution in [-0.2, 0) is 4.79 Å². The maximum absolute atomic E-state index is 13.1. The third kappa shape index (κ3) is 3.22. The normalized spacial score (nSPS) is 14.0. The predicted octanol–water partition coefficient (Wildman–Crippen LogP) is 2.55. The van der Waals surface area contributed by atoms with Gasteiger partial charge in [0.05, 0.1) is 16.5 Å². The van der Waals surface area contributed by atoms with Crippen LogP contribution in [0.2, 0.25) is 0 Å². The first-order valence-electron chi connectivity index (χ1n) is 8.37. The Balaban J connectivity index is 1.80. The van der Waals surface area contributed by atoms with E-state index in [4.69, 9.17) is 0 Å². The highest BCUT2D eigenvalue weighted by molar-refractivity contribution is 6.24. The van der Waals surface area contributed by atoms with E-state index in [0.29, 0.717) is 10.5 Å². The predicted molar refractivity (Wildman–Crippen MR) is 96.0 cm³/mol. The van der Waals surface area contributed by atoms with Crippen LogP contribution >= 0.6 is 0 Å². The molecule has 144 valence electrons. The molecular formula is C19H16FN3O5. The highest BCUT2D eigenvalue weighted by Crippen LogP contribution is 2.31. The molecule has 2 aromatic carbocycles. The molecule has 1 atom stereocenters. The zero-order chi connectivity index (χ0) is 20.6. The summed E-state index contributed by atoms with van der Waals surface area (Å²) in [5.41, 5.74) is -0.199. The number of imide groups is 1. The van der Waals surface area contributed by atoms with Gasteiger partial charge in [0.25, 0.3) is 17.5 Å². The second-order valence-corrected chi connectivity index (χ2v) is 6.39. The van der Waals surface area contributed by atoms with Crippen LogP contribution in [0.25, 0.3) is 0 Å². The second kappa shape index (κ2) is 7.18. The Kier molecular flexibility index (Phi) is 4.91. The van der Waals surface area contributed by atoms with Crippen molar-refractivity contribution in [3.8, 4) is 0 Å². The molecule has 0 N–H and O–H groups in total. The van der Waals surface area contributed by atoms with Gasteiger partial charge in [-0.15, -0.1) is 0 Å². The first kappa shape index (κ1) is 19.2. The van der Waals surface area contributed by atoms with E-state index in [1.54, 1.807) is 6.92 Å². The molecule has 0 radical (unpaired) electrons. The van der Waals surface area contributed by atoms with Crippen LogP contribution in [0.1, 0.15) is 39.2 Å². The molecule has 0 saturated carbocycles. The van der Waals surface area contributed by atoms with E-state index in [1.807, 2.05) is 0 Å². The number of nitrogens with zero attached hydrogens (tertiary/aromatic N) is 3. The number of nitro benzene ring substituents is 1. The Morgan fingerprint density at radius 2 is 1.82 bits per heavy atom. The molecule has 1 aliphatic rings. The molecule has 0 spiro atoms. The number of hydrogen-bond donors (Lipinski definition) is 0. The van der Waals surface area contributed by atoms with E-state index < -0.39 is 46.7 Å². The Hall–Kier alpha value is -3.62. The summed E-state index contributed by atoms with van der Waals surface area (Å²) in [5.74, 6) is -2.56. The Bertz CT molecular complexity index is 990. The fraction of sp³-hybridized carbons (Fsp3) is 0.211. The van der Waals surface area contributed by atoms with Crippen molar-refractivity contribution < 1.29 is 23.7 Å². The molecule has 0 bridgehead atoms. The number of benzene rings is 2. The minimum absolute atomic E-state index is 0.0961. The van der Waals surface area contributed by atoms with Gasteiger partial charge in [0, 0.05) is 13.1 Å². The van der Waals surface area contributed by atoms with Gasteiger partial charge in [-0.3, -0.25) is 29.4 Å². The van der Waals surface area contributed by atoms with Gasteiger partial charge in [0.2, 0.25) is 5.91 Å². The van der Waals surface area contributed by atoms with E-state index >= 15 is 0 Å². The molecule has 1 unspecified atom stereocenters. The van der Waals surface area contributed by atoms with Crippen LogP contribution in [0.15, 0.2) is 42.5 Å². The van der Waals surface area contributed by atoms with Gasteiger partial charge < -0.3 is 4.90 Å². The van der Waals surface area contributed by atoms with E-state index in [9.17, 15) is 28.9 Å². The van der Waals surface area contributed by atoms with Crippen LogP contribution in [0, 0.1) is 15.9 Å². The molecule has 0 aliphatic carbocycles.